The van der Waals surface area contributed by atoms with Crippen LogP contribution in [0.2, 0.25) is 5.04 Å². The molecule has 0 unspecified atom stereocenters. The molecule has 0 spiro atoms. The monoisotopic (exact) mass is 672 g/mol. The molecule has 266 valence electrons. The first-order valence-corrected chi connectivity index (χ1v) is 19.9. The summed E-state index contributed by atoms with van der Waals surface area (Å²) in [5.41, 5.74) is 0. The van der Waals surface area contributed by atoms with Gasteiger partial charge in [-0.05, 0) is 49.0 Å². The summed E-state index contributed by atoms with van der Waals surface area (Å²) in [7, 11) is -0.856. The summed E-state index contributed by atoms with van der Waals surface area (Å²) >= 11 is 0. The lowest BCUT2D eigenvalue weighted by molar-refractivity contribution is -0.349. The van der Waals surface area contributed by atoms with E-state index in [4.69, 9.17) is 28.1 Å². The first-order valence-electron chi connectivity index (χ1n) is 18.0. The van der Waals surface area contributed by atoms with E-state index in [0.29, 0.717) is 13.2 Å². The molecule has 0 aromatic heterocycles. The van der Waals surface area contributed by atoms with Crippen LogP contribution in [-0.4, -0.2) is 77.4 Å². The van der Waals surface area contributed by atoms with Crippen LogP contribution in [-0.2, 0) is 28.1 Å². The Balaban J connectivity index is 1.38. The van der Waals surface area contributed by atoms with Crippen molar-refractivity contribution in [3.63, 3.8) is 0 Å². The van der Waals surface area contributed by atoms with Crippen LogP contribution in [0.5, 0.6) is 0 Å². The standard InChI is InChI=1S/C39H64O7Si/c1-32(46-47(38(2,3)4,33-23-17-14-18-24-33)34-25-19-15-20-26-34)22-16-12-10-8-9-11-13-21-27-35-37(43-31-42-29-28-41-7)36(30-40)45-39(5,6)44-35/h14-15,17-20,23-26,32,35-37,40H,8-13,16,21-22,27-31H2,1-7H3/t32-,35+,36+,37-/m0/s1. The van der Waals surface area contributed by atoms with Gasteiger partial charge in [0, 0.05) is 13.2 Å². The van der Waals surface area contributed by atoms with Crippen LogP contribution in [0.1, 0.15) is 106 Å². The molecule has 0 aliphatic carbocycles. The number of ether oxygens (including phenoxy) is 5. The van der Waals surface area contributed by atoms with Gasteiger partial charge in [0.25, 0.3) is 8.32 Å². The van der Waals surface area contributed by atoms with Crippen molar-refractivity contribution in [2.24, 2.45) is 0 Å². The van der Waals surface area contributed by atoms with Crippen molar-refractivity contribution < 1.29 is 33.2 Å². The molecule has 3 rings (SSSR count). The fourth-order valence-electron chi connectivity index (χ4n) is 6.93. The summed E-state index contributed by atoms with van der Waals surface area (Å²) in [6.45, 7) is 14.1. The third-order valence-electron chi connectivity index (χ3n) is 9.20. The summed E-state index contributed by atoms with van der Waals surface area (Å²) in [5, 5.41) is 12.7. The molecule has 2 aromatic carbocycles. The van der Waals surface area contributed by atoms with Crippen LogP contribution in [0.4, 0.5) is 0 Å². The van der Waals surface area contributed by atoms with Gasteiger partial charge in [0.05, 0.1) is 25.9 Å². The summed E-state index contributed by atoms with van der Waals surface area (Å²) in [4.78, 5) is 0. The van der Waals surface area contributed by atoms with Crippen molar-refractivity contribution in [1.82, 2.24) is 0 Å². The van der Waals surface area contributed by atoms with E-state index in [-0.39, 0.29) is 36.7 Å². The quantitative estimate of drug-likeness (QED) is 0.0796. The normalized spacial score (nSPS) is 20.7. The van der Waals surface area contributed by atoms with E-state index in [1.165, 1.54) is 48.9 Å². The molecule has 1 aliphatic heterocycles. The summed E-state index contributed by atoms with van der Waals surface area (Å²) in [6, 6.07) is 21.9. The zero-order chi connectivity index (χ0) is 34.2. The van der Waals surface area contributed by atoms with E-state index in [0.717, 1.165) is 25.7 Å². The number of aliphatic hydroxyl groups is 1. The predicted octanol–water partition coefficient (Wildman–Crippen LogP) is 7.37. The maximum absolute atomic E-state index is 9.96. The van der Waals surface area contributed by atoms with Crippen molar-refractivity contribution >= 4 is 18.7 Å². The highest BCUT2D eigenvalue weighted by Gasteiger charge is 2.51. The van der Waals surface area contributed by atoms with Gasteiger partial charge in [-0.2, -0.15) is 0 Å². The molecular weight excluding hydrogens is 609 g/mol. The number of methoxy groups -OCH3 is 1. The SMILES string of the molecule is COCCOCO[C@@H]1[C@@H](CO)OC(C)(C)O[C@@H]1CCCCCCCCCC[C@H](C)O[Si](c1ccccc1)(c1ccccc1)C(C)(C)C. The first-order chi connectivity index (χ1) is 22.5. The van der Waals surface area contributed by atoms with Crippen LogP contribution in [0.25, 0.3) is 0 Å². The smallest absolute Gasteiger partial charge is 0.261 e. The highest BCUT2D eigenvalue weighted by atomic mass is 28.4. The van der Waals surface area contributed by atoms with Crippen LogP contribution < -0.4 is 10.4 Å². The molecule has 0 saturated carbocycles. The third-order valence-corrected chi connectivity index (χ3v) is 14.4. The number of hydrogen-bond acceptors (Lipinski definition) is 7. The second kappa shape index (κ2) is 20.1. The van der Waals surface area contributed by atoms with Gasteiger partial charge in [-0.3, -0.25) is 0 Å². The van der Waals surface area contributed by atoms with Gasteiger partial charge < -0.3 is 33.2 Å². The second-order valence-corrected chi connectivity index (χ2v) is 18.8. The Morgan fingerprint density at radius 3 is 1.85 bits per heavy atom. The lowest BCUT2D eigenvalue weighted by Gasteiger charge is -2.45. The van der Waals surface area contributed by atoms with E-state index in [2.05, 4.69) is 88.4 Å². The average molecular weight is 673 g/mol. The Morgan fingerprint density at radius 1 is 0.787 bits per heavy atom. The molecule has 7 nitrogen and oxygen atoms in total. The van der Waals surface area contributed by atoms with Crippen LogP contribution >= 0.6 is 0 Å². The van der Waals surface area contributed by atoms with Crippen molar-refractivity contribution in [3.8, 4) is 0 Å². The molecule has 8 heteroatoms. The Kier molecular flexibility index (Phi) is 17.1. The van der Waals surface area contributed by atoms with E-state index < -0.39 is 20.2 Å². The Labute approximate surface area is 286 Å². The average Bonchev–Trinajstić information content (AvgIpc) is 3.04. The maximum Gasteiger partial charge on any atom is 0.261 e. The zero-order valence-corrected chi connectivity index (χ0v) is 31.4. The Bertz CT molecular complexity index is 1050. The number of rotatable bonds is 22. The molecule has 0 bridgehead atoms. The van der Waals surface area contributed by atoms with Gasteiger partial charge in [0.15, 0.2) is 5.79 Å². The molecular formula is C39H64O7Si. The van der Waals surface area contributed by atoms with Crippen molar-refractivity contribution in [2.45, 2.75) is 141 Å². The third kappa shape index (κ3) is 12.3. The predicted molar refractivity (Wildman–Crippen MR) is 193 cm³/mol. The van der Waals surface area contributed by atoms with Gasteiger partial charge in [0.1, 0.15) is 19.0 Å². The minimum Gasteiger partial charge on any atom is -0.405 e. The maximum atomic E-state index is 9.96. The van der Waals surface area contributed by atoms with Gasteiger partial charge in [-0.15, -0.1) is 0 Å². The molecule has 0 amide bonds. The minimum atomic E-state index is -2.50. The first kappa shape index (κ1) is 39.8. The number of hydrogen-bond donors (Lipinski definition) is 1. The molecule has 1 fully saturated rings. The lowest BCUT2D eigenvalue weighted by atomic mass is 9.98. The van der Waals surface area contributed by atoms with E-state index in [1.54, 1.807) is 7.11 Å². The number of benzene rings is 2. The fraction of sp³-hybridized carbons (Fsp3) is 0.692. The molecule has 47 heavy (non-hydrogen) atoms. The fourth-order valence-corrected chi connectivity index (χ4v) is 11.7. The highest BCUT2D eigenvalue weighted by molar-refractivity contribution is 6.99. The molecule has 0 radical (unpaired) electrons. The lowest BCUT2D eigenvalue weighted by Crippen LogP contribution is -2.67. The Morgan fingerprint density at radius 2 is 1.32 bits per heavy atom. The van der Waals surface area contributed by atoms with E-state index in [9.17, 15) is 5.11 Å². The topological polar surface area (TPSA) is 75.6 Å². The molecule has 4 atom stereocenters. The minimum absolute atomic E-state index is 0.00400. The number of aliphatic hydroxyl groups excluding tert-OH is 1. The molecule has 1 aliphatic rings. The van der Waals surface area contributed by atoms with Crippen LogP contribution in [0, 0.1) is 0 Å². The highest BCUT2D eigenvalue weighted by Crippen LogP contribution is 2.38. The largest absolute Gasteiger partial charge is 0.405 e. The molecule has 1 saturated heterocycles. The molecule has 1 heterocycles. The summed E-state index contributed by atoms with van der Waals surface area (Å²) < 4.78 is 36.0. The van der Waals surface area contributed by atoms with Crippen LogP contribution in [0.15, 0.2) is 60.7 Å². The van der Waals surface area contributed by atoms with Gasteiger partial charge >= 0.3 is 0 Å². The molecule has 1 N–H and O–H groups in total. The summed E-state index contributed by atoms with van der Waals surface area (Å²) in [5.74, 6) is -0.753. The van der Waals surface area contributed by atoms with Crippen molar-refractivity contribution in [3.05, 3.63) is 60.7 Å². The van der Waals surface area contributed by atoms with Crippen molar-refractivity contribution in [1.29, 1.82) is 0 Å². The number of unbranched alkanes of at least 4 members (excludes halogenated alkanes) is 7. The van der Waals surface area contributed by atoms with Gasteiger partial charge in [-0.1, -0.05) is 133 Å². The zero-order valence-electron chi connectivity index (χ0n) is 30.4. The van der Waals surface area contributed by atoms with E-state index >= 15 is 0 Å². The van der Waals surface area contributed by atoms with Gasteiger partial charge in [0.2, 0.25) is 0 Å². The Hall–Kier alpha value is -1.62. The van der Waals surface area contributed by atoms with E-state index in [1.807, 2.05) is 13.8 Å². The van der Waals surface area contributed by atoms with Crippen molar-refractivity contribution in [2.75, 3.05) is 33.7 Å². The van der Waals surface area contributed by atoms with Gasteiger partial charge in [-0.25, -0.2) is 0 Å². The molecule has 2 aromatic rings. The summed E-state index contributed by atoms with van der Waals surface area (Å²) in [6.07, 6.45) is 10.9. The second-order valence-electron chi connectivity index (χ2n) is 14.5. The van der Waals surface area contributed by atoms with Crippen LogP contribution in [0.3, 0.4) is 0 Å².